The fraction of sp³-hybridized carbons (Fsp3) is 0.500. The van der Waals surface area contributed by atoms with E-state index in [4.69, 9.17) is 9.47 Å². The lowest BCUT2D eigenvalue weighted by molar-refractivity contribution is -0.238. The summed E-state index contributed by atoms with van der Waals surface area (Å²) in [6.07, 6.45) is 3.20. The van der Waals surface area contributed by atoms with Crippen LogP contribution in [0.15, 0.2) is 24.3 Å². The number of para-hydroxylation sites is 1. The highest BCUT2D eigenvalue weighted by Gasteiger charge is 2.64. The molecule has 3 aliphatic rings. The molecule has 2 heterocycles. The summed E-state index contributed by atoms with van der Waals surface area (Å²) >= 11 is 0. The predicted octanol–water partition coefficient (Wildman–Crippen LogP) is 2.25. The Labute approximate surface area is 99.7 Å². The van der Waals surface area contributed by atoms with Gasteiger partial charge in [-0.25, -0.2) is 0 Å². The van der Waals surface area contributed by atoms with Gasteiger partial charge in [0.2, 0.25) is 0 Å². The van der Waals surface area contributed by atoms with Gasteiger partial charge in [0, 0.05) is 12.2 Å². The standard InChI is InChI=1S/C14H14O3/c15-13-11-8-9-4-3-7-16-14(9,11)10-5-1-2-6-12(10)17-13/h1-2,5-6,9,11H,3-4,7-8H2/t9-,11+,14+/m0/s1. The Morgan fingerprint density at radius 3 is 3.06 bits per heavy atom. The first-order chi connectivity index (χ1) is 8.32. The minimum Gasteiger partial charge on any atom is -0.426 e. The molecule has 1 spiro atoms. The Morgan fingerprint density at radius 2 is 2.18 bits per heavy atom. The van der Waals surface area contributed by atoms with Crippen LogP contribution in [0.5, 0.6) is 5.75 Å². The Balaban J connectivity index is 1.91. The van der Waals surface area contributed by atoms with Gasteiger partial charge in [0.05, 0.1) is 5.92 Å². The van der Waals surface area contributed by atoms with Gasteiger partial charge >= 0.3 is 5.97 Å². The van der Waals surface area contributed by atoms with Gasteiger partial charge in [-0.2, -0.15) is 0 Å². The average molecular weight is 230 g/mol. The Hall–Kier alpha value is -1.35. The van der Waals surface area contributed by atoms with Gasteiger partial charge in [-0.1, -0.05) is 18.2 Å². The zero-order valence-electron chi connectivity index (χ0n) is 9.52. The molecule has 0 amide bonds. The summed E-state index contributed by atoms with van der Waals surface area (Å²) in [5.41, 5.74) is 0.727. The van der Waals surface area contributed by atoms with Crippen molar-refractivity contribution in [2.24, 2.45) is 11.8 Å². The Morgan fingerprint density at radius 1 is 1.29 bits per heavy atom. The Kier molecular flexibility index (Phi) is 1.76. The highest BCUT2D eigenvalue weighted by Crippen LogP contribution is 2.61. The molecule has 0 bridgehead atoms. The molecular weight excluding hydrogens is 216 g/mol. The number of carbonyl (C=O) groups excluding carboxylic acids is 1. The lowest BCUT2D eigenvalue weighted by Crippen LogP contribution is -2.62. The first-order valence-electron chi connectivity index (χ1n) is 6.27. The van der Waals surface area contributed by atoms with Crippen LogP contribution in [-0.4, -0.2) is 12.6 Å². The van der Waals surface area contributed by atoms with Gasteiger partial charge in [0.15, 0.2) is 0 Å². The molecule has 0 N–H and O–H groups in total. The average Bonchev–Trinajstić information content (AvgIpc) is 2.30. The topological polar surface area (TPSA) is 35.5 Å². The van der Waals surface area contributed by atoms with Crippen molar-refractivity contribution in [1.29, 1.82) is 0 Å². The quantitative estimate of drug-likeness (QED) is 0.506. The molecule has 17 heavy (non-hydrogen) atoms. The number of hydrogen-bond donors (Lipinski definition) is 0. The molecule has 4 rings (SSSR count). The molecule has 3 atom stereocenters. The summed E-state index contributed by atoms with van der Waals surface area (Å²) in [6.45, 7) is 0.759. The summed E-state index contributed by atoms with van der Waals surface area (Å²) in [5.74, 6) is 1.00. The van der Waals surface area contributed by atoms with E-state index in [1.54, 1.807) is 0 Å². The molecule has 3 nitrogen and oxygen atoms in total. The number of benzene rings is 1. The molecule has 3 heteroatoms. The number of esters is 1. The fourth-order valence-electron chi connectivity index (χ4n) is 3.69. The molecule has 1 aliphatic carbocycles. The second-order valence-corrected chi connectivity index (χ2v) is 5.19. The maximum absolute atomic E-state index is 12.0. The van der Waals surface area contributed by atoms with Crippen LogP contribution in [0.3, 0.4) is 0 Å². The summed E-state index contributed by atoms with van der Waals surface area (Å²) in [5, 5.41) is 0. The second kappa shape index (κ2) is 3.10. The number of rotatable bonds is 0. The summed E-state index contributed by atoms with van der Waals surface area (Å²) in [7, 11) is 0. The summed E-state index contributed by atoms with van der Waals surface area (Å²) in [4.78, 5) is 12.0. The highest BCUT2D eigenvalue weighted by atomic mass is 16.6. The van der Waals surface area contributed by atoms with E-state index in [0.717, 1.165) is 31.4 Å². The third kappa shape index (κ3) is 1.03. The number of carbonyl (C=O) groups is 1. The van der Waals surface area contributed by atoms with Crippen molar-refractivity contribution in [2.45, 2.75) is 24.9 Å². The van der Waals surface area contributed by atoms with E-state index in [1.165, 1.54) is 0 Å². The van der Waals surface area contributed by atoms with Crippen LogP contribution >= 0.6 is 0 Å². The molecule has 0 unspecified atom stereocenters. The van der Waals surface area contributed by atoms with Crippen molar-refractivity contribution < 1.29 is 14.3 Å². The van der Waals surface area contributed by atoms with Gasteiger partial charge in [0.25, 0.3) is 0 Å². The third-order valence-corrected chi connectivity index (χ3v) is 4.49. The van der Waals surface area contributed by atoms with E-state index in [2.05, 4.69) is 0 Å². The maximum Gasteiger partial charge on any atom is 0.317 e. The monoisotopic (exact) mass is 230 g/mol. The minimum atomic E-state index is -0.357. The van der Waals surface area contributed by atoms with Crippen LogP contribution in [0.25, 0.3) is 0 Å². The zero-order valence-corrected chi connectivity index (χ0v) is 9.52. The smallest absolute Gasteiger partial charge is 0.317 e. The third-order valence-electron chi connectivity index (χ3n) is 4.49. The SMILES string of the molecule is O=C1Oc2ccccc2[C@]23OCCC[C@H]2C[C@H]13. The maximum atomic E-state index is 12.0. The van der Waals surface area contributed by atoms with Crippen molar-refractivity contribution in [3.63, 3.8) is 0 Å². The van der Waals surface area contributed by atoms with Gasteiger partial charge in [0.1, 0.15) is 11.4 Å². The number of hydrogen-bond acceptors (Lipinski definition) is 3. The Bertz CT molecular complexity index is 496. The lowest BCUT2D eigenvalue weighted by atomic mass is 9.54. The molecule has 1 aromatic carbocycles. The summed E-state index contributed by atoms with van der Waals surface area (Å²) < 4.78 is 11.5. The van der Waals surface area contributed by atoms with Crippen molar-refractivity contribution in [1.82, 2.24) is 0 Å². The van der Waals surface area contributed by atoms with Crippen LogP contribution in [0.2, 0.25) is 0 Å². The predicted molar refractivity (Wildman–Crippen MR) is 60.5 cm³/mol. The van der Waals surface area contributed by atoms with Crippen molar-refractivity contribution in [3.8, 4) is 5.75 Å². The van der Waals surface area contributed by atoms with Crippen LogP contribution in [0.4, 0.5) is 0 Å². The van der Waals surface area contributed by atoms with Crippen LogP contribution in [-0.2, 0) is 15.1 Å². The van der Waals surface area contributed by atoms with Gasteiger partial charge in [-0.3, -0.25) is 4.79 Å². The summed E-state index contributed by atoms with van der Waals surface area (Å²) in [6, 6.07) is 7.81. The molecule has 0 aromatic heterocycles. The van der Waals surface area contributed by atoms with Crippen LogP contribution < -0.4 is 4.74 Å². The zero-order chi connectivity index (χ0) is 11.5. The molecule has 88 valence electrons. The first kappa shape index (κ1) is 9.66. The lowest BCUT2D eigenvalue weighted by Gasteiger charge is -2.58. The van der Waals surface area contributed by atoms with E-state index >= 15 is 0 Å². The van der Waals surface area contributed by atoms with E-state index in [1.807, 2.05) is 24.3 Å². The molecular formula is C14H14O3. The molecule has 1 saturated heterocycles. The van der Waals surface area contributed by atoms with Gasteiger partial charge in [-0.05, 0) is 31.2 Å². The molecule has 1 saturated carbocycles. The van der Waals surface area contributed by atoms with E-state index in [-0.39, 0.29) is 17.5 Å². The molecule has 2 fully saturated rings. The largest absolute Gasteiger partial charge is 0.426 e. The highest BCUT2D eigenvalue weighted by molar-refractivity contribution is 5.81. The molecule has 0 radical (unpaired) electrons. The van der Waals surface area contributed by atoms with Crippen molar-refractivity contribution in [2.75, 3.05) is 6.61 Å². The first-order valence-corrected chi connectivity index (χ1v) is 6.27. The molecule has 1 aromatic rings. The van der Waals surface area contributed by atoms with Crippen LogP contribution in [0, 0.1) is 11.8 Å². The number of ether oxygens (including phenoxy) is 2. The van der Waals surface area contributed by atoms with E-state index in [9.17, 15) is 4.79 Å². The van der Waals surface area contributed by atoms with Gasteiger partial charge < -0.3 is 9.47 Å². The van der Waals surface area contributed by atoms with Crippen LogP contribution in [0.1, 0.15) is 24.8 Å². The fourth-order valence-corrected chi connectivity index (χ4v) is 3.69. The minimum absolute atomic E-state index is 0.0808. The van der Waals surface area contributed by atoms with Crippen molar-refractivity contribution in [3.05, 3.63) is 29.8 Å². The van der Waals surface area contributed by atoms with E-state index in [0.29, 0.717) is 11.7 Å². The van der Waals surface area contributed by atoms with E-state index < -0.39 is 0 Å². The molecule has 2 aliphatic heterocycles. The second-order valence-electron chi connectivity index (χ2n) is 5.19. The van der Waals surface area contributed by atoms with Crippen molar-refractivity contribution >= 4 is 5.97 Å². The normalized spacial score (nSPS) is 38.2. The number of fused-ring (bicyclic) bond motifs is 1. The van der Waals surface area contributed by atoms with Gasteiger partial charge in [-0.15, -0.1) is 0 Å².